The quantitative estimate of drug-likeness (QED) is 0.0171. The lowest BCUT2D eigenvalue weighted by Gasteiger charge is -2.19. The predicted molar refractivity (Wildman–Crippen MR) is 241 cm³/mol. The zero-order chi connectivity index (χ0) is 46.0. The van der Waals surface area contributed by atoms with Gasteiger partial charge in [0.25, 0.3) is 0 Å². The van der Waals surface area contributed by atoms with Crippen molar-refractivity contribution in [2.24, 2.45) is 0 Å². The minimum Gasteiger partial charge on any atom is -0.463 e. The molecule has 0 aliphatic heterocycles. The van der Waals surface area contributed by atoms with Gasteiger partial charge in [-0.25, -0.2) is 9.13 Å². The van der Waals surface area contributed by atoms with Crippen LogP contribution in [0.3, 0.4) is 0 Å². The first-order valence-corrected chi connectivity index (χ1v) is 23.7. The smallest absolute Gasteiger partial charge is 0.463 e. The van der Waals surface area contributed by atoms with E-state index in [-0.39, 0.29) is 12.8 Å². The van der Waals surface area contributed by atoms with Crippen LogP contribution in [0.4, 0.5) is 0 Å². The molecule has 15 nitrogen and oxygen atoms in total. The van der Waals surface area contributed by atoms with Crippen molar-refractivity contribution in [3.8, 4) is 0 Å². The molecule has 0 aromatic carbocycles. The number of hydrogen-bond acceptors (Lipinski definition) is 13. The van der Waals surface area contributed by atoms with E-state index in [0.717, 1.165) is 32.1 Å². The van der Waals surface area contributed by atoms with Gasteiger partial charge in [0.15, 0.2) is 0 Å². The summed E-state index contributed by atoms with van der Waals surface area (Å²) < 4.78 is 52.7. The van der Waals surface area contributed by atoms with E-state index in [1.165, 1.54) is 0 Å². The second-order valence-corrected chi connectivity index (χ2v) is 16.1. The lowest BCUT2D eigenvalue weighted by Crippen LogP contribution is -2.25. The van der Waals surface area contributed by atoms with Gasteiger partial charge in [0, 0.05) is 12.8 Å². The molecular weight excluding hydrogens is 842 g/mol. The maximum Gasteiger partial charge on any atom is 0.472 e. The van der Waals surface area contributed by atoms with Gasteiger partial charge in [-0.3, -0.25) is 27.7 Å². The van der Waals surface area contributed by atoms with Gasteiger partial charge in [0.1, 0.15) is 31.5 Å². The molecule has 0 saturated carbocycles. The summed E-state index contributed by atoms with van der Waals surface area (Å²) in [5.74, 6) is -1.12. The molecule has 348 valence electrons. The molecule has 0 aromatic heterocycles. The first-order valence-electron chi connectivity index (χ1n) is 20.7. The maximum atomic E-state index is 12.1. The summed E-state index contributed by atoms with van der Waals surface area (Å²) in [5.41, 5.74) is 0. The van der Waals surface area contributed by atoms with Crippen molar-refractivity contribution in [3.05, 3.63) is 134 Å². The zero-order valence-corrected chi connectivity index (χ0v) is 37.7. The minimum atomic E-state index is -4.81. The van der Waals surface area contributed by atoms with E-state index in [9.17, 15) is 43.8 Å². The fourth-order valence-corrected chi connectivity index (χ4v) is 5.80. The van der Waals surface area contributed by atoms with Gasteiger partial charge in [-0.2, -0.15) is 0 Å². The van der Waals surface area contributed by atoms with Crippen molar-refractivity contribution in [1.82, 2.24) is 0 Å². The fraction of sp³-hybridized carbons (Fsp3) is 0.467. The summed E-state index contributed by atoms with van der Waals surface area (Å²) in [4.78, 5) is 43.5. The number of phosphoric acid groups is 2. The van der Waals surface area contributed by atoms with Gasteiger partial charge < -0.3 is 34.6 Å². The number of esters is 2. The summed E-state index contributed by atoms with van der Waals surface area (Å²) in [6.07, 6.45) is 44.7. The molecule has 0 saturated heterocycles. The van der Waals surface area contributed by atoms with Crippen molar-refractivity contribution in [2.75, 3.05) is 39.6 Å². The SMILES string of the molecule is CC\C=C/C=C/C=C/C=C\C=C\C=C\CCCCCC(=O)OCC(O)COP(=O)(O)OCC(O)COP(=O)(O)OCC(O)COC(=O)CCC/C=C/C=C\C=C/C=C/C=C/CC. The van der Waals surface area contributed by atoms with Crippen molar-refractivity contribution < 1.29 is 71.4 Å². The Kier molecular flexibility index (Phi) is 37.5. The largest absolute Gasteiger partial charge is 0.472 e. The standard InChI is InChI=1S/C45H68O15P2/c1-3-5-7-9-11-13-15-17-18-19-20-22-24-26-28-30-32-34-45(50)56-36-42(47)38-58-62(53,54)60-40-43(48)39-59-61(51,52)57-37-41(46)35-55-44(49)33-31-29-27-25-23-21-16-14-12-10-8-6-4-2/h5-25,27,41-43,46-48H,3-4,26,28-40H2,1-2H3,(H,51,52)(H,53,54)/b7-5-,8-6+,11-9+,12-10+,15-13+,16-14-,18-17-,20-19+,23-21-,24-22+,27-25+. The predicted octanol–water partition coefficient (Wildman–Crippen LogP) is 8.48. The van der Waals surface area contributed by atoms with E-state index in [1.807, 2.05) is 122 Å². The average Bonchev–Trinajstić information content (AvgIpc) is 3.24. The van der Waals surface area contributed by atoms with Crippen molar-refractivity contribution in [2.45, 2.75) is 96.4 Å². The number of aliphatic hydroxyl groups is 3. The number of ether oxygens (including phenoxy) is 2. The van der Waals surface area contributed by atoms with E-state index >= 15 is 0 Å². The molecule has 0 bridgehead atoms. The number of allylic oxidation sites excluding steroid dienone is 22. The highest BCUT2D eigenvalue weighted by atomic mass is 31.2. The highest BCUT2D eigenvalue weighted by Gasteiger charge is 2.28. The Bertz CT molecular complexity index is 1620. The molecule has 0 fully saturated rings. The Hall–Kier alpha value is -3.82. The normalized spacial score (nSPS) is 16.6. The summed E-state index contributed by atoms with van der Waals surface area (Å²) in [6, 6.07) is 0. The molecular formula is C45H68O15P2. The molecule has 5 atom stereocenters. The summed E-state index contributed by atoms with van der Waals surface area (Å²) in [5, 5.41) is 29.9. The monoisotopic (exact) mass is 910 g/mol. The van der Waals surface area contributed by atoms with Gasteiger partial charge in [-0.1, -0.05) is 154 Å². The number of rotatable bonds is 37. The molecule has 0 heterocycles. The van der Waals surface area contributed by atoms with Crippen LogP contribution in [0.2, 0.25) is 0 Å². The van der Waals surface area contributed by atoms with Crippen LogP contribution in [-0.4, -0.2) is 95.0 Å². The van der Waals surface area contributed by atoms with Crippen LogP contribution < -0.4 is 0 Å². The van der Waals surface area contributed by atoms with Crippen LogP contribution in [0.25, 0.3) is 0 Å². The summed E-state index contributed by atoms with van der Waals surface area (Å²) in [7, 11) is -9.62. The van der Waals surface area contributed by atoms with E-state index < -0.39 is 85.5 Å². The highest BCUT2D eigenvalue weighted by molar-refractivity contribution is 7.47. The molecule has 5 unspecified atom stereocenters. The number of hydrogen-bond donors (Lipinski definition) is 5. The molecule has 17 heteroatoms. The topological polar surface area (TPSA) is 225 Å². The van der Waals surface area contributed by atoms with Gasteiger partial charge in [-0.15, -0.1) is 0 Å². The van der Waals surface area contributed by atoms with Crippen LogP contribution in [0.15, 0.2) is 134 Å². The molecule has 0 rings (SSSR count). The van der Waals surface area contributed by atoms with Crippen LogP contribution in [0.5, 0.6) is 0 Å². The third kappa shape index (κ3) is 41.5. The third-order valence-electron chi connectivity index (χ3n) is 7.39. The first-order chi connectivity index (χ1) is 29.8. The van der Waals surface area contributed by atoms with Gasteiger partial charge >= 0.3 is 27.6 Å². The maximum absolute atomic E-state index is 12.1. The van der Waals surface area contributed by atoms with Crippen LogP contribution in [-0.2, 0) is 46.3 Å². The summed E-state index contributed by atoms with van der Waals surface area (Å²) >= 11 is 0. The molecule has 5 N–H and O–H groups in total. The Morgan fingerprint density at radius 2 is 0.710 bits per heavy atom. The van der Waals surface area contributed by atoms with Gasteiger partial charge in [0.2, 0.25) is 0 Å². The average molecular weight is 911 g/mol. The van der Waals surface area contributed by atoms with Crippen LogP contribution >= 0.6 is 15.6 Å². The number of unbranched alkanes of at least 4 members (excludes halogenated alkanes) is 4. The van der Waals surface area contributed by atoms with Crippen molar-refractivity contribution >= 4 is 27.6 Å². The molecule has 62 heavy (non-hydrogen) atoms. The van der Waals surface area contributed by atoms with E-state index in [2.05, 4.69) is 44.1 Å². The van der Waals surface area contributed by atoms with Crippen molar-refractivity contribution in [3.63, 3.8) is 0 Å². The fourth-order valence-electron chi connectivity index (χ4n) is 4.21. The molecule has 0 radical (unpaired) electrons. The Balaban J connectivity index is 4.09. The molecule has 0 amide bonds. The number of carbonyl (C=O) groups excluding carboxylic acids is 2. The highest BCUT2D eigenvalue weighted by Crippen LogP contribution is 2.45. The Morgan fingerprint density at radius 1 is 0.419 bits per heavy atom. The van der Waals surface area contributed by atoms with Crippen molar-refractivity contribution in [1.29, 1.82) is 0 Å². The van der Waals surface area contributed by atoms with Crippen LogP contribution in [0.1, 0.15) is 78.1 Å². The zero-order valence-electron chi connectivity index (χ0n) is 36.0. The molecule has 0 aliphatic rings. The lowest BCUT2D eigenvalue weighted by molar-refractivity contribution is -0.148. The number of aliphatic hydroxyl groups excluding tert-OH is 3. The second-order valence-electron chi connectivity index (χ2n) is 13.2. The molecule has 0 aromatic rings. The van der Waals surface area contributed by atoms with Crippen LogP contribution in [0, 0.1) is 0 Å². The number of phosphoric ester groups is 2. The second kappa shape index (κ2) is 40.0. The molecule has 0 aliphatic carbocycles. The van der Waals surface area contributed by atoms with E-state index in [4.69, 9.17) is 9.47 Å². The number of carbonyl (C=O) groups is 2. The summed E-state index contributed by atoms with van der Waals surface area (Å²) in [6.45, 7) is -0.0928. The van der Waals surface area contributed by atoms with Gasteiger partial charge in [-0.05, 0) is 44.9 Å². The van der Waals surface area contributed by atoms with E-state index in [1.54, 1.807) is 0 Å². The lowest BCUT2D eigenvalue weighted by atomic mass is 10.1. The Morgan fingerprint density at radius 3 is 1.06 bits per heavy atom. The molecule has 0 spiro atoms. The Labute approximate surface area is 367 Å². The van der Waals surface area contributed by atoms with Gasteiger partial charge in [0.05, 0.1) is 26.4 Å². The third-order valence-corrected chi connectivity index (χ3v) is 9.29. The minimum absolute atomic E-state index is 0.0916. The first kappa shape index (κ1) is 58.2. The van der Waals surface area contributed by atoms with E-state index in [0.29, 0.717) is 19.3 Å².